The molecule has 0 radical (unpaired) electrons. The Morgan fingerprint density at radius 1 is 1.25 bits per heavy atom. The van der Waals surface area contributed by atoms with Crippen molar-refractivity contribution in [3.05, 3.63) is 57.8 Å². The second-order valence-electron chi connectivity index (χ2n) is 7.36. The van der Waals surface area contributed by atoms with E-state index < -0.39 is 0 Å². The zero-order chi connectivity index (χ0) is 17.9. The molecule has 1 aromatic rings. The van der Waals surface area contributed by atoms with Crippen molar-refractivity contribution in [1.82, 2.24) is 10.2 Å². The first-order valence-corrected chi connectivity index (χ1v) is 8.77. The van der Waals surface area contributed by atoms with Gasteiger partial charge in [0.2, 0.25) is 0 Å². The number of likely N-dealkylation sites (N-methyl/N-ethyl adjacent to an activating group) is 1. The van der Waals surface area contributed by atoms with Crippen LogP contribution in [0.15, 0.2) is 46.6 Å². The molecule has 0 aliphatic carbocycles. The average molecular weight is 347 g/mol. The van der Waals surface area contributed by atoms with Crippen LogP contribution in [0.2, 0.25) is 0 Å². The van der Waals surface area contributed by atoms with E-state index in [1.54, 1.807) is 0 Å². The molecule has 24 heavy (non-hydrogen) atoms. The Bertz CT molecular complexity index is 666. The highest BCUT2D eigenvalue weighted by Crippen LogP contribution is 2.27. The van der Waals surface area contributed by atoms with E-state index in [2.05, 4.69) is 57.3 Å². The van der Waals surface area contributed by atoms with Crippen molar-refractivity contribution in [3.63, 3.8) is 0 Å². The maximum absolute atomic E-state index is 12.5. The first kappa shape index (κ1) is 18.6. The summed E-state index contributed by atoms with van der Waals surface area (Å²) in [7, 11) is 1.96. The molecule has 1 aliphatic heterocycles. The number of halogens is 1. The van der Waals surface area contributed by atoms with Gasteiger partial charge in [-0.1, -0.05) is 63.6 Å². The van der Waals surface area contributed by atoms with Crippen LogP contribution in [0.3, 0.4) is 0 Å². The average Bonchev–Trinajstić information content (AvgIpc) is 2.54. The van der Waals surface area contributed by atoms with Gasteiger partial charge in [0.05, 0.1) is 10.6 Å². The lowest BCUT2D eigenvalue weighted by Crippen LogP contribution is -2.30. The molecule has 0 spiro atoms. The molecule has 0 atom stereocenters. The fraction of sp³-hybridized carbons (Fsp3) is 0.450. The standard InChI is InChI=1S/C20H27ClN2O/c1-6-15-12-23(5)13-17(18(15)21)19(24)22-11-14-7-9-16(10-8-14)20(2,3)4/h7-10,13H,6,11-12H2,1-5H3,(H,22,24). The summed E-state index contributed by atoms with van der Waals surface area (Å²) in [6.07, 6.45) is 2.67. The van der Waals surface area contributed by atoms with E-state index in [0.717, 1.165) is 24.1 Å². The summed E-state index contributed by atoms with van der Waals surface area (Å²) in [5.74, 6) is -0.127. The Morgan fingerprint density at radius 2 is 1.88 bits per heavy atom. The van der Waals surface area contributed by atoms with Crippen molar-refractivity contribution in [3.8, 4) is 0 Å². The summed E-state index contributed by atoms with van der Waals surface area (Å²) in [5, 5.41) is 3.56. The predicted octanol–water partition coefficient (Wildman–Crippen LogP) is 4.33. The zero-order valence-electron chi connectivity index (χ0n) is 15.2. The van der Waals surface area contributed by atoms with Crippen LogP contribution in [0, 0.1) is 0 Å². The van der Waals surface area contributed by atoms with Crippen molar-refractivity contribution >= 4 is 17.5 Å². The minimum atomic E-state index is -0.127. The topological polar surface area (TPSA) is 32.3 Å². The highest BCUT2D eigenvalue weighted by molar-refractivity contribution is 6.35. The molecule has 1 aliphatic rings. The molecule has 0 bridgehead atoms. The number of hydrogen-bond acceptors (Lipinski definition) is 2. The van der Waals surface area contributed by atoms with Gasteiger partial charge in [0, 0.05) is 26.3 Å². The van der Waals surface area contributed by atoms with Gasteiger partial charge in [-0.2, -0.15) is 0 Å². The summed E-state index contributed by atoms with van der Waals surface area (Å²) in [5.41, 5.74) is 4.15. The van der Waals surface area contributed by atoms with Gasteiger partial charge in [0.15, 0.2) is 0 Å². The molecular weight excluding hydrogens is 320 g/mol. The molecular formula is C20H27ClN2O. The van der Waals surface area contributed by atoms with Gasteiger partial charge < -0.3 is 10.2 Å². The maximum Gasteiger partial charge on any atom is 0.254 e. The minimum absolute atomic E-state index is 0.127. The summed E-state index contributed by atoms with van der Waals surface area (Å²) in [6, 6.07) is 8.38. The quantitative estimate of drug-likeness (QED) is 0.879. The highest BCUT2D eigenvalue weighted by atomic mass is 35.5. The van der Waals surface area contributed by atoms with Crippen molar-refractivity contribution in [2.75, 3.05) is 13.6 Å². The number of rotatable bonds is 4. The highest BCUT2D eigenvalue weighted by Gasteiger charge is 2.21. The van der Waals surface area contributed by atoms with E-state index in [9.17, 15) is 4.79 Å². The number of nitrogens with one attached hydrogen (secondary N) is 1. The van der Waals surface area contributed by atoms with Crippen molar-refractivity contribution in [2.24, 2.45) is 0 Å². The molecule has 0 saturated heterocycles. The Labute approximate surface area is 150 Å². The van der Waals surface area contributed by atoms with Gasteiger partial charge in [-0.15, -0.1) is 0 Å². The van der Waals surface area contributed by atoms with Crippen molar-refractivity contribution in [1.29, 1.82) is 0 Å². The molecule has 1 amide bonds. The lowest BCUT2D eigenvalue weighted by Gasteiger charge is -2.25. The second-order valence-corrected chi connectivity index (χ2v) is 7.74. The van der Waals surface area contributed by atoms with E-state index in [1.807, 2.05) is 18.1 Å². The third kappa shape index (κ3) is 4.41. The lowest BCUT2D eigenvalue weighted by atomic mass is 9.87. The van der Waals surface area contributed by atoms with Gasteiger partial charge in [-0.3, -0.25) is 4.79 Å². The van der Waals surface area contributed by atoms with Crippen molar-refractivity contribution < 1.29 is 4.79 Å². The van der Waals surface area contributed by atoms with Crippen LogP contribution in [-0.2, 0) is 16.8 Å². The molecule has 0 aromatic heterocycles. The lowest BCUT2D eigenvalue weighted by molar-refractivity contribution is -0.117. The fourth-order valence-electron chi connectivity index (χ4n) is 2.71. The van der Waals surface area contributed by atoms with Gasteiger partial charge in [-0.05, 0) is 28.5 Å². The van der Waals surface area contributed by atoms with Gasteiger partial charge in [0.1, 0.15) is 0 Å². The molecule has 0 unspecified atom stereocenters. The van der Waals surface area contributed by atoms with Crippen LogP contribution >= 0.6 is 11.6 Å². The van der Waals surface area contributed by atoms with E-state index in [0.29, 0.717) is 17.2 Å². The van der Waals surface area contributed by atoms with E-state index >= 15 is 0 Å². The van der Waals surface area contributed by atoms with Crippen LogP contribution in [0.4, 0.5) is 0 Å². The minimum Gasteiger partial charge on any atom is -0.376 e. The van der Waals surface area contributed by atoms with Gasteiger partial charge >= 0.3 is 0 Å². The molecule has 1 aromatic carbocycles. The smallest absolute Gasteiger partial charge is 0.254 e. The number of hydrogen-bond donors (Lipinski definition) is 1. The first-order chi connectivity index (χ1) is 11.2. The van der Waals surface area contributed by atoms with Crippen molar-refractivity contribution in [2.45, 2.75) is 46.1 Å². The molecule has 2 rings (SSSR count). The van der Waals surface area contributed by atoms with E-state index in [4.69, 9.17) is 11.6 Å². The summed E-state index contributed by atoms with van der Waals surface area (Å²) in [6.45, 7) is 9.90. The first-order valence-electron chi connectivity index (χ1n) is 8.40. The molecule has 1 N–H and O–H groups in total. The monoisotopic (exact) mass is 346 g/mol. The number of carbonyl (C=O) groups is 1. The largest absolute Gasteiger partial charge is 0.376 e. The molecule has 4 heteroatoms. The van der Waals surface area contributed by atoms with Crippen LogP contribution in [0.25, 0.3) is 0 Å². The van der Waals surface area contributed by atoms with Gasteiger partial charge in [-0.25, -0.2) is 0 Å². The maximum atomic E-state index is 12.5. The number of carbonyl (C=O) groups excluding carboxylic acids is 1. The van der Waals surface area contributed by atoms with Crippen LogP contribution in [0.5, 0.6) is 0 Å². The zero-order valence-corrected chi connectivity index (χ0v) is 16.0. The Balaban J connectivity index is 2.04. The Morgan fingerprint density at radius 3 is 2.42 bits per heavy atom. The SMILES string of the molecule is CCC1=C(Cl)C(C(=O)NCc2ccc(C(C)(C)C)cc2)=CN(C)C1. The summed E-state index contributed by atoms with van der Waals surface area (Å²) < 4.78 is 0. The Kier molecular flexibility index (Phi) is 5.76. The van der Waals surface area contributed by atoms with E-state index in [1.165, 1.54) is 5.56 Å². The second kappa shape index (κ2) is 7.43. The molecule has 3 nitrogen and oxygen atoms in total. The van der Waals surface area contributed by atoms with Crippen LogP contribution in [-0.4, -0.2) is 24.4 Å². The number of benzene rings is 1. The van der Waals surface area contributed by atoms with Crippen LogP contribution in [0.1, 0.15) is 45.2 Å². The molecule has 1 heterocycles. The fourth-order valence-corrected chi connectivity index (χ4v) is 3.04. The third-order valence-corrected chi connectivity index (χ3v) is 4.75. The number of amides is 1. The van der Waals surface area contributed by atoms with Crippen LogP contribution < -0.4 is 5.32 Å². The number of nitrogens with zero attached hydrogens (tertiary/aromatic N) is 1. The molecule has 0 saturated carbocycles. The van der Waals surface area contributed by atoms with Gasteiger partial charge in [0.25, 0.3) is 5.91 Å². The summed E-state index contributed by atoms with van der Waals surface area (Å²) >= 11 is 6.39. The molecule has 0 fully saturated rings. The normalized spacial score (nSPS) is 15.4. The molecule has 130 valence electrons. The third-order valence-electron chi connectivity index (χ3n) is 4.28. The van der Waals surface area contributed by atoms with E-state index in [-0.39, 0.29) is 11.3 Å². The summed E-state index contributed by atoms with van der Waals surface area (Å²) in [4.78, 5) is 14.5. The predicted molar refractivity (Wildman–Crippen MR) is 101 cm³/mol. The Hall–Kier alpha value is -1.74.